The molecule has 0 aromatic carbocycles. The van der Waals surface area contributed by atoms with Crippen LogP contribution in [-0.2, 0) is 11.0 Å². The van der Waals surface area contributed by atoms with Crippen molar-refractivity contribution < 1.29 is 35.9 Å². The van der Waals surface area contributed by atoms with Crippen LogP contribution in [0.5, 0.6) is 5.88 Å². The Morgan fingerprint density at radius 2 is 1.75 bits per heavy atom. The van der Waals surface area contributed by atoms with Crippen molar-refractivity contribution in [2.45, 2.75) is 56.1 Å². The smallest absolute Gasteiger partial charge is 0.419 e. The lowest BCUT2D eigenvalue weighted by atomic mass is 9.75. The molecular weight excluding hydrogens is 562 g/mol. The van der Waals surface area contributed by atoms with Crippen LogP contribution in [0.2, 0.25) is 0 Å². The molecule has 2 aliphatic heterocycles. The summed E-state index contributed by atoms with van der Waals surface area (Å²) < 4.78 is 84.4. The highest BCUT2D eigenvalue weighted by Crippen LogP contribution is 2.48. The van der Waals surface area contributed by atoms with E-state index < -0.39 is 41.6 Å². The van der Waals surface area contributed by atoms with E-state index in [0.29, 0.717) is 43.9 Å². The first-order valence-electron chi connectivity index (χ1n) is 12.4. The number of thiocarbonyl (C=S) groups is 1. The number of nitrogens with zero attached hydrogens (tertiary/aromatic N) is 6. The number of aromatic nitrogens is 2. The molecule has 3 aliphatic rings. The van der Waals surface area contributed by atoms with Crippen molar-refractivity contribution in [3.63, 3.8) is 0 Å². The molecule has 0 bridgehead atoms. The van der Waals surface area contributed by atoms with Gasteiger partial charge in [-0.2, -0.15) is 31.6 Å². The van der Waals surface area contributed by atoms with Crippen molar-refractivity contribution in [2.75, 3.05) is 29.4 Å². The zero-order valence-corrected chi connectivity index (χ0v) is 21.6. The fourth-order valence-electron chi connectivity index (χ4n) is 5.27. The van der Waals surface area contributed by atoms with Crippen LogP contribution in [0.3, 0.4) is 0 Å². The number of nitriles is 1. The third-order valence-electron chi connectivity index (χ3n) is 7.34. The van der Waals surface area contributed by atoms with E-state index in [0.717, 1.165) is 11.1 Å². The molecule has 3 fully saturated rings. The minimum absolute atomic E-state index is 0.0446. The summed E-state index contributed by atoms with van der Waals surface area (Å²) in [5.41, 5.74) is -2.92. The molecule has 1 amide bonds. The lowest BCUT2D eigenvalue weighted by molar-refractivity contribution is -0.149. The lowest BCUT2D eigenvalue weighted by Crippen LogP contribution is -2.55. The molecule has 1 aliphatic carbocycles. The van der Waals surface area contributed by atoms with Crippen molar-refractivity contribution in [3.05, 3.63) is 41.9 Å². The molecule has 2 saturated heterocycles. The molecule has 0 unspecified atom stereocenters. The van der Waals surface area contributed by atoms with Gasteiger partial charge in [-0.15, -0.1) is 0 Å². The second kappa shape index (κ2) is 10.2. The molecule has 40 heavy (non-hydrogen) atoms. The fourth-order valence-corrected chi connectivity index (χ4v) is 5.74. The molecule has 0 atom stereocenters. The molecule has 5 rings (SSSR count). The van der Waals surface area contributed by atoms with Gasteiger partial charge in [-0.3, -0.25) is 14.6 Å². The number of pyridine rings is 2. The number of hydrogen-bond acceptors (Lipinski definition) is 7. The maximum Gasteiger partial charge on any atom is 0.419 e. The van der Waals surface area contributed by atoms with E-state index in [1.165, 1.54) is 17.2 Å². The van der Waals surface area contributed by atoms with Crippen LogP contribution < -0.4 is 14.5 Å². The average Bonchev–Trinajstić information content (AvgIpc) is 3.10. The van der Waals surface area contributed by atoms with Crippen LogP contribution in [0.1, 0.15) is 43.4 Å². The molecule has 212 valence electrons. The molecule has 2 aromatic rings. The van der Waals surface area contributed by atoms with Crippen LogP contribution in [0.25, 0.3) is 0 Å². The SMILES string of the molecule is N#Cc1ncc(N2C(=O)C3(CCC3)N(c3ccc(OC4CCN(CC(F)(F)F)CC4)nc3)C2=S)cc1C(F)(F)F. The number of ether oxygens (including phenoxy) is 1. The van der Waals surface area contributed by atoms with Gasteiger partial charge in [-0.25, -0.2) is 9.97 Å². The summed E-state index contributed by atoms with van der Waals surface area (Å²) in [5.74, 6) is -0.241. The maximum absolute atomic E-state index is 13.6. The van der Waals surface area contributed by atoms with Crippen molar-refractivity contribution in [1.29, 1.82) is 5.26 Å². The second-order valence-corrected chi connectivity index (χ2v) is 10.3. The van der Waals surface area contributed by atoms with Gasteiger partial charge in [0.1, 0.15) is 17.7 Å². The molecular formula is C25H22F6N6O2S. The van der Waals surface area contributed by atoms with E-state index in [9.17, 15) is 31.1 Å². The molecule has 1 saturated carbocycles. The highest BCUT2D eigenvalue weighted by atomic mass is 32.1. The van der Waals surface area contributed by atoms with E-state index >= 15 is 0 Å². The first kappa shape index (κ1) is 28.0. The number of anilines is 2. The van der Waals surface area contributed by atoms with Gasteiger partial charge in [0, 0.05) is 19.2 Å². The number of rotatable bonds is 5. The monoisotopic (exact) mass is 584 g/mol. The summed E-state index contributed by atoms with van der Waals surface area (Å²) in [5, 5.41) is 9.01. The number of hydrogen-bond donors (Lipinski definition) is 0. The highest BCUT2D eigenvalue weighted by Gasteiger charge is 2.60. The molecule has 15 heteroatoms. The topological polar surface area (TPSA) is 85.6 Å². The standard InChI is InChI=1S/C25H22F6N6O2S/c26-24(27,28)14-35-8-4-17(5-9-35)39-20-3-2-15(12-34-20)37-22(40)36(21(38)23(37)6-1-7-23)16-10-18(25(29,30)31)19(11-32)33-13-16/h2-3,10,12-13,17H,1,4-9,14H2. The number of carbonyl (C=O) groups is 1. The summed E-state index contributed by atoms with van der Waals surface area (Å²) in [4.78, 5) is 25.4. The van der Waals surface area contributed by atoms with Crippen LogP contribution in [0.15, 0.2) is 30.6 Å². The van der Waals surface area contributed by atoms with Gasteiger partial charge in [0.25, 0.3) is 5.91 Å². The third kappa shape index (κ3) is 5.17. The average molecular weight is 585 g/mol. The normalized spacial score (nSPS) is 20.1. The minimum atomic E-state index is -4.86. The van der Waals surface area contributed by atoms with Crippen molar-refractivity contribution >= 4 is 34.6 Å². The van der Waals surface area contributed by atoms with E-state index in [4.69, 9.17) is 22.2 Å². The largest absolute Gasteiger partial charge is 0.474 e. The van der Waals surface area contributed by atoms with E-state index in [1.807, 2.05) is 0 Å². The van der Waals surface area contributed by atoms with Gasteiger partial charge in [-0.1, -0.05) is 0 Å². The van der Waals surface area contributed by atoms with Crippen LogP contribution in [0, 0.1) is 11.3 Å². The number of likely N-dealkylation sites (tertiary alicyclic amines) is 1. The molecule has 0 radical (unpaired) electrons. The van der Waals surface area contributed by atoms with Gasteiger partial charge in [0.2, 0.25) is 5.88 Å². The zero-order valence-electron chi connectivity index (χ0n) is 20.8. The number of carbonyl (C=O) groups excluding carboxylic acids is 1. The van der Waals surface area contributed by atoms with Crippen molar-refractivity contribution in [1.82, 2.24) is 14.9 Å². The van der Waals surface area contributed by atoms with Gasteiger partial charge in [-0.05, 0) is 56.5 Å². The van der Waals surface area contributed by atoms with Gasteiger partial charge in [0.15, 0.2) is 10.8 Å². The van der Waals surface area contributed by atoms with E-state index in [2.05, 4.69) is 9.97 Å². The Morgan fingerprint density at radius 3 is 2.27 bits per heavy atom. The van der Waals surface area contributed by atoms with Crippen LogP contribution >= 0.6 is 12.2 Å². The predicted octanol–water partition coefficient (Wildman–Crippen LogP) is 4.83. The first-order valence-corrected chi connectivity index (χ1v) is 12.8. The van der Waals surface area contributed by atoms with Gasteiger partial charge >= 0.3 is 12.4 Å². The highest BCUT2D eigenvalue weighted by molar-refractivity contribution is 7.81. The van der Waals surface area contributed by atoms with Gasteiger partial charge < -0.3 is 9.64 Å². The summed E-state index contributed by atoms with van der Waals surface area (Å²) >= 11 is 5.58. The molecule has 1 spiro atoms. The summed E-state index contributed by atoms with van der Waals surface area (Å²) in [7, 11) is 0. The minimum Gasteiger partial charge on any atom is -0.474 e. The lowest BCUT2D eigenvalue weighted by Gasteiger charge is -2.42. The first-order chi connectivity index (χ1) is 18.8. The predicted molar refractivity (Wildman–Crippen MR) is 133 cm³/mol. The summed E-state index contributed by atoms with van der Waals surface area (Å²) in [6.45, 7) is -0.480. The Labute approximate surface area is 230 Å². The fraction of sp³-hybridized carbons (Fsp3) is 0.480. The Balaban J connectivity index is 1.34. The number of piperidine rings is 1. The Morgan fingerprint density at radius 1 is 1.07 bits per heavy atom. The summed E-state index contributed by atoms with van der Waals surface area (Å²) in [6, 6.07) is 5.30. The quantitative estimate of drug-likeness (QED) is 0.365. The Bertz CT molecular complexity index is 1350. The molecule has 2 aromatic heterocycles. The maximum atomic E-state index is 13.6. The molecule has 4 heterocycles. The third-order valence-corrected chi connectivity index (χ3v) is 7.70. The number of amides is 1. The summed E-state index contributed by atoms with van der Waals surface area (Å²) in [6.07, 6.45) is -4.61. The van der Waals surface area contributed by atoms with E-state index in [-0.39, 0.29) is 35.9 Å². The Hall–Kier alpha value is -3.51. The Kier molecular flexibility index (Phi) is 7.11. The van der Waals surface area contributed by atoms with Crippen molar-refractivity contribution in [2.24, 2.45) is 0 Å². The molecule has 8 nitrogen and oxygen atoms in total. The second-order valence-electron chi connectivity index (χ2n) is 9.91. The number of alkyl halides is 6. The molecule has 0 N–H and O–H groups in total. The number of halogens is 6. The van der Waals surface area contributed by atoms with Crippen LogP contribution in [0.4, 0.5) is 37.7 Å². The van der Waals surface area contributed by atoms with Crippen molar-refractivity contribution in [3.8, 4) is 11.9 Å². The van der Waals surface area contributed by atoms with Gasteiger partial charge in [0.05, 0.1) is 35.9 Å². The zero-order chi connectivity index (χ0) is 28.9. The van der Waals surface area contributed by atoms with Crippen LogP contribution in [-0.4, -0.2) is 63.3 Å². The van der Waals surface area contributed by atoms with E-state index in [1.54, 1.807) is 17.0 Å².